The predicted octanol–water partition coefficient (Wildman–Crippen LogP) is 3.16. The number of carbonyl (C=O) groups excluding carboxylic acids is 2. The fraction of sp³-hybridized carbons (Fsp3) is 0.520. The van der Waals surface area contributed by atoms with Gasteiger partial charge in [-0.15, -0.1) is 0 Å². The Morgan fingerprint density at radius 3 is 2.60 bits per heavy atom. The number of nitrogens with zero attached hydrogens (tertiary/aromatic N) is 3. The molecule has 5 rings (SSSR count). The van der Waals surface area contributed by atoms with Crippen LogP contribution in [-0.4, -0.2) is 56.8 Å². The molecule has 1 aromatic carbocycles. The number of aryl methyl sites for hydroxylation is 1. The van der Waals surface area contributed by atoms with Crippen LogP contribution in [0.25, 0.3) is 0 Å². The topological polar surface area (TPSA) is 111 Å². The molecular formula is C25H30FN3O6. The summed E-state index contributed by atoms with van der Waals surface area (Å²) in [6.45, 7) is 5.49. The third-order valence-corrected chi connectivity index (χ3v) is 6.51. The number of ether oxygens (including phenoxy) is 2. The van der Waals surface area contributed by atoms with Crippen molar-refractivity contribution in [3.05, 3.63) is 57.5 Å². The van der Waals surface area contributed by atoms with Crippen LogP contribution in [0, 0.1) is 5.82 Å². The van der Waals surface area contributed by atoms with Gasteiger partial charge in [-0.3, -0.25) is 19.1 Å². The Balaban J connectivity index is 1.72. The number of aromatic hydroxyl groups is 1. The highest BCUT2D eigenvalue weighted by Crippen LogP contribution is 2.41. The van der Waals surface area contributed by atoms with Crippen LogP contribution in [0.3, 0.4) is 0 Å². The molecule has 2 aromatic rings. The minimum Gasteiger partial charge on any atom is -0.501 e. The number of hydrogen-bond acceptors (Lipinski definition) is 7. The fourth-order valence-electron chi connectivity index (χ4n) is 4.55. The number of carbonyl (C=O) groups is 2. The number of aromatic nitrogens is 2. The van der Waals surface area contributed by atoms with Gasteiger partial charge in [-0.05, 0) is 57.7 Å². The summed E-state index contributed by atoms with van der Waals surface area (Å²) in [7, 11) is 1.56. The highest BCUT2D eigenvalue weighted by Gasteiger charge is 2.51. The summed E-state index contributed by atoms with van der Waals surface area (Å²) in [5, 5.41) is 10.6. The lowest BCUT2D eigenvalue weighted by Gasteiger charge is -2.43. The van der Waals surface area contributed by atoms with Crippen LogP contribution >= 0.6 is 0 Å². The normalized spacial score (nSPS) is 21.2. The quantitative estimate of drug-likeness (QED) is 0.645. The highest BCUT2D eigenvalue weighted by molar-refractivity contribution is 5.96. The van der Waals surface area contributed by atoms with Gasteiger partial charge in [0.05, 0.1) is 19.3 Å². The van der Waals surface area contributed by atoms with Gasteiger partial charge in [0.25, 0.3) is 5.56 Å². The van der Waals surface area contributed by atoms with Crippen molar-refractivity contribution in [1.29, 1.82) is 0 Å². The molecule has 188 valence electrons. The number of amides is 1. The molecule has 1 aromatic heterocycles. The van der Waals surface area contributed by atoms with Crippen LogP contribution in [0.1, 0.15) is 61.9 Å². The number of ketones is 1. The summed E-state index contributed by atoms with van der Waals surface area (Å²) in [6.07, 6.45) is 0.365. The molecule has 0 aliphatic carbocycles. The minimum atomic E-state index is -1.14. The maximum absolute atomic E-state index is 13.2. The summed E-state index contributed by atoms with van der Waals surface area (Å²) < 4.78 is 26.0. The van der Waals surface area contributed by atoms with E-state index < -0.39 is 34.3 Å². The molecule has 3 aliphatic heterocycles. The SMILES string of the molecule is CN(C(=O)OC(C)(C)C)C12CCC(Cn3c1nc(C(=O)CCc1ccc(F)cc1)c(O)c3=O)OC2. The molecule has 2 unspecified atom stereocenters. The average molecular weight is 488 g/mol. The number of fused-ring (bicyclic) bond motifs is 2. The highest BCUT2D eigenvalue weighted by atomic mass is 19.1. The number of Topliss-reactive ketones (excluding diaryl/α,β-unsaturated/α-hetero) is 1. The van der Waals surface area contributed by atoms with Gasteiger partial charge in [-0.1, -0.05) is 12.1 Å². The van der Waals surface area contributed by atoms with E-state index in [9.17, 15) is 23.9 Å². The lowest BCUT2D eigenvalue weighted by molar-refractivity contribution is -0.0813. The van der Waals surface area contributed by atoms with Crippen molar-refractivity contribution in [2.24, 2.45) is 0 Å². The second-order valence-corrected chi connectivity index (χ2v) is 10.1. The molecule has 4 heterocycles. The Hall–Kier alpha value is -3.27. The summed E-state index contributed by atoms with van der Waals surface area (Å²) in [5.74, 6) is -1.44. The Morgan fingerprint density at radius 1 is 1.31 bits per heavy atom. The third-order valence-electron chi connectivity index (χ3n) is 6.51. The van der Waals surface area contributed by atoms with Crippen LogP contribution in [0.4, 0.5) is 9.18 Å². The van der Waals surface area contributed by atoms with Crippen molar-refractivity contribution >= 4 is 11.9 Å². The first-order valence-corrected chi connectivity index (χ1v) is 11.6. The van der Waals surface area contributed by atoms with E-state index in [4.69, 9.17) is 9.47 Å². The number of likely N-dealkylation sites (N-methyl/N-ethyl adjacent to an activating group) is 1. The van der Waals surface area contributed by atoms with E-state index in [0.717, 1.165) is 5.56 Å². The van der Waals surface area contributed by atoms with Crippen LogP contribution in [0.2, 0.25) is 0 Å². The van der Waals surface area contributed by atoms with Crippen LogP contribution in [-0.2, 0) is 28.0 Å². The number of halogens is 1. The molecule has 0 saturated carbocycles. The van der Waals surface area contributed by atoms with E-state index in [-0.39, 0.29) is 49.4 Å². The van der Waals surface area contributed by atoms with E-state index in [2.05, 4.69) is 4.98 Å². The van der Waals surface area contributed by atoms with Gasteiger partial charge in [0, 0.05) is 13.5 Å². The molecule has 0 spiro atoms. The molecule has 1 amide bonds. The third kappa shape index (κ3) is 4.80. The Labute approximate surface area is 202 Å². The first-order valence-electron chi connectivity index (χ1n) is 11.6. The lowest BCUT2D eigenvalue weighted by atomic mass is 9.88. The van der Waals surface area contributed by atoms with Gasteiger partial charge in [0.15, 0.2) is 11.5 Å². The molecule has 0 radical (unpaired) electrons. The van der Waals surface area contributed by atoms with Gasteiger partial charge in [0.1, 0.15) is 22.8 Å². The van der Waals surface area contributed by atoms with Crippen molar-refractivity contribution in [3.8, 4) is 5.75 Å². The monoisotopic (exact) mass is 487 g/mol. The number of benzene rings is 1. The molecular weight excluding hydrogens is 457 g/mol. The lowest BCUT2D eigenvalue weighted by Crippen LogP contribution is -2.55. The molecule has 1 saturated heterocycles. The molecule has 2 bridgehead atoms. The molecule has 1 fully saturated rings. The van der Waals surface area contributed by atoms with Crippen molar-refractivity contribution in [2.45, 2.75) is 70.2 Å². The molecule has 1 N–H and O–H groups in total. The Bertz CT molecular complexity index is 1190. The second-order valence-electron chi connectivity index (χ2n) is 10.1. The largest absolute Gasteiger partial charge is 0.501 e. The van der Waals surface area contributed by atoms with Gasteiger partial charge in [0.2, 0.25) is 5.75 Å². The van der Waals surface area contributed by atoms with Crippen molar-refractivity contribution < 1.29 is 28.6 Å². The summed E-state index contributed by atoms with van der Waals surface area (Å²) in [5.41, 5.74) is -2.24. The molecule has 35 heavy (non-hydrogen) atoms. The predicted molar refractivity (Wildman–Crippen MR) is 124 cm³/mol. The molecule has 9 nitrogen and oxygen atoms in total. The number of rotatable bonds is 5. The van der Waals surface area contributed by atoms with Crippen molar-refractivity contribution in [2.75, 3.05) is 13.7 Å². The van der Waals surface area contributed by atoms with E-state index in [1.54, 1.807) is 40.0 Å². The van der Waals surface area contributed by atoms with Gasteiger partial charge >= 0.3 is 6.09 Å². The van der Waals surface area contributed by atoms with Crippen LogP contribution in [0.5, 0.6) is 5.75 Å². The van der Waals surface area contributed by atoms with Crippen molar-refractivity contribution in [3.63, 3.8) is 0 Å². The van der Waals surface area contributed by atoms with Crippen LogP contribution < -0.4 is 5.56 Å². The maximum atomic E-state index is 13.2. The van der Waals surface area contributed by atoms with Gasteiger partial charge < -0.3 is 14.6 Å². The Morgan fingerprint density at radius 2 is 2.00 bits per heavy atom. The van der Waals surface area contributed by atoms with E-state index in [1.807, 2.05) is 0 Å². The zero-order chi connectivity index (χ0) is 25.5. The summed E-state index contributed by atoms with van der Waals surface area (Å²) >= 11 is 0. The molecule has 3 aliphatic rings. The molecule has 10 heteroatoms. The summed E-state index contributed by atoms with van der Waals surface area (Å²) in [6, 6.07) is 5.75. The summed E-state index contributed by atoms with van der Waals surface area (Å²) in [4.78, 5) is 45.1. The standard InChI is InChI=1S/C25H30FN3O6/c1-24(2,3)35-23(33)28(4)25-12-11-17(34-14-25)13-29-21(32)20(31)19(27-22(25)29)18(30)10-7-15-5-8-16(26)9-6-15/h5-6,8-9,17,31H,7,10-14H2,1-4H3. The van der Waals surface area contributed by atoms with Gasteiger partial charge in [-0.25, -0.2) is 14.2 Å². The van der Waals surface area contributed by atoms with Crippen LogP contribution in [0.15, 0.2) is 29.1 Å². The second kappa shape index (κ2) is 9.07. The zero-order valence-corrected chi connectivity index (χ0v) is 20.3. The number of hydrogen-bond donors (Lipinski definition) is 1. The zero-order valence-electron chi connectivity index (χ0n) is 20.3. The fourth-order valence-corrected chi connectivity index (χ4v) is 4.55. The average Bonchev–Trinajstić information content (AvgIpc) is 3.06. The smallest absolute Gasteiger partial charge is 0.410 e. The van der Waals surface area contributed by atoms with E-state index in [1.165, 1.54) is 21.6 Å². The first-order chi connectivity index (χ1) is 16.4. The van der Waals surface area contributed by atoms with Gasteiger partial charge in [-0.2, -0.15) is 0 Å². The molecule has 2 atom stereocenters. The Kier molecular flexibility index (Phi) is 6.44. The van der Waals surface area contributed by atoms with E-state index >= 15 is 0 Å². The van der Waals surface area contributed by atoms with Crippen molar-refractivity contribution in [1.82, 2.24) is 14.5 Å². The maximum Gasteiger partial charge on any atom is 0.410 e. The van der Waals surface area contributed by atoms with E-state index in [0.29, 0.717) is 12.8 Å². The minimum absolute atomic E-state index is 0.0386. The first kappa shape index (κ1) is 24.8.